The zero-order chi connectivity index (χ0) is 16.2. The number of nitrogens with one attached hydrogen (secondary N) is 1. The number of amides is 2. The third-order valence-corrected chi connectivity index (χ3v) is 4.36. The van der Waals surface area contributed by atoms with Gasteiger partial charge in [-0.25, -0.2) is 0 Å². The summed E-state index contributed by atoms with van der Waals surface area (Å²) in [5, 5.41) is 2.93. The van der Waals surface area contributed by atoms with Crippen LogP contribution in [0.5, 0.6) is 0 Å². The minimum Gasteiger partial charge on any atom is -0.385 e. The molecule has 0 aromatic carbocycles. The second kappa shape index (κ2) is 7.25. The molecule has 0 aliphatic carbocycles. The molecule has 5 heteroatoms. The van der Waals surface area contributed by atoms with Gasteiger partial charge in [-0.1, -0.05) is 20.8 Å². The summed E-state index contributed by atoms with van der Waals surface area (Å²) in [5.41, 5.74) is -0.786. The molecule has 21 heavy (non-hydrogen) atoms. The Morgan fingerprint density at radius 2 is 1.95 bits per heavy atom. The highest BCUT2D eigenvalue weighted by Crippen LogP contribution is 2.27. The molecule has 5 nitrogen and oxygen atoms in total. The first-order valence-corrected chi connectivity index (χ1v) is 7.90. The Kier molecular flexibility index (Phi) is 6.20. The number of methoxy groups -OCH3 is 1. The minimum absolute atomic E-state index is 0.00174. The van der Waals surface area contributed by atoms with E-state index < -0.39 is 5.54 Å². The molecule has 1 rings (SSSR count). The summed E-state index contributed by atoms with van der Waals surface area (Å²) in [5.74, 6) is 0.354. The minimum atomic E-state index is -0.786. The molecule has 3 atom stereocenters. The van der Waals surface area contributed by atoms with Gasteiger partial charge in [-0.3, -0.25) is 9.59 Å². The molecule has 0 spiro atoms. The number of hydrogen-bond donors (Lipinski definition) is 1. The molecule has 0 saturated carbocycles. The molecule has 1 N–H and O–H groups in total. The molecule has 0 radical (unpaired) electrons. The fourth-order valence-electron chi connectivity index (χ4n) is 2.80. The van der Waals surface area contributed by atoms with Crippen molar-refractivity contribution < 1.29 is 14.3 Å². The highest BCUT2D eigenvalue weighted by molar-refractivity contribution is 5.99. The van der Waals surface area contributed by atoms with Crippen molar-refractivity contribution in [1.29, 1.82) is 0 Å². The van der Waals surface area contributed by atoms with E-state index in [0.717, 1.165) is 6.42 Å². The Morgan fingerprint density at radius 1 is 1.33 bits per heavy atom. The second-order valence-electron chi connectivity index (χ2n) is 6.66. The van der Waals surface area contributed by atoms with Crippen molar-refractivity contribution in [2.45, 2.75) is 71.5 Å². The Bertz CT molecular complexity index is 384. The zero-order valence-corrected chi connectivity index (χ0v) is 14.2. The fraction of sp³-hybridized carbons (Fsp3) is 0.875. The van der Waals surface area contributed by atoms with Crippen molar-refractivity contribution in [3.8, 4) is 0 Å². The topological polar surface area (TPSA) is 58.6 Å². The molecule has 122 valence electrons. The molecular weight excluding hydrogens is 268 g/mol. The second-order valence-corrected chi connectivity index (χ2v) is 6.66. The number of ether oxygens (including phenoxy) is 1. The van der Waals surface area contributed by atoms with Gasteiger partial charge in [0.1, 0.15) is 11.6 Å². The molecule has 0 bridgehead atoms. The van der Waals surface area contributed by atoms with E-state index in [1.807, 2.05) is 20.8 Å². The van der Waals surface area contributed by atoms with E-state index in [1.54, 1.807) is 12.0 Å². The summed E-state index contributed by atoms with van der Waals surface area (Å²) in [7, 11) is 1.65. The van der Waals surface area contributed by atoms with Gasteiger partial charge in [-0.15, -0.1) is 0 Å². The lowest BCUT2D eigenvalue weighted by atomic mass is 9.88. The molecule has 1 aliphatic rings. The van der Waals surface area contributed by atoms with Gasteiger partial charge in [0.25, 0.3) is 0 Å². The summed E-state index contributed by atoms with van der Waals surface area (Å²) >= 11 is 0. The third-order valence-electron chi connectivity index (χ3n) is 4.36. The number of hydrogen-bond acceptors (Lipinski definition) is 3. The van der Waals surface area contributed by atoms with Gasteiger partial charge in [-0.05, 0) is 39.0 Å². The molecule has 3 unspecified atom stereocenters. The van der Waals surface area contributed by atoms with Crippen molar-refractivity contribution in [2.75, 3.05) is 13.7 Å². The van der Waals surface area contributed by atoms with Crippen LogP contribution in [0.25, 0.3) is 0 Å². The Balaban J connectivity index is 3.05. The lowest BCUT2D eigenvalue weighted by molar-refractivity contribution is -0.158. The summed E-state index contributed by atoms with van der Waals surface area (Å²) in [6, 6.07) is -0.373. The maximum Gasteiger partial charge on any atom is 0.248 e. The summed E-state index contributed by atoms with van der Waals surface area (Å²) in [6.45, 7) is 10.5. The summed E-state index contributed by atoms with van der Waals surface area (Å²) in [6.07, 6.45) is 2.03. The number of piperazine rings is 1. The smallest absolute Gasteiger partial charge is 0.248 e. The van der Waals surface area contributed by atoms with Crippen LogP contribution in [0.4, 0.5) is 0 Å². The third kappa shape index (κ3) is 3.96. The van der Waals surface area contributed by atoms with E-state index in [4.69, 9.17) is 4.74 Å². The summed E-state index contributed by atoms with van der Waals surface area (Å²) < 4.78 is 5.12. The van der Waals surface area contributed by atoms with E-state index >= 15 is 0 Å². The Morgan fingerprint density at radius 3 is 2.43 bits per heavy atom. The van der Waals surface area contributed by atoms with Gasteiger partial charge < -0.3 is 15.0 Å². The first kappa shape index (κ1) is 18.0. The van der Waals surface area contributed by atoms with Gasteiger partial charge >= 0.3 is 0 Å². The number of carbonyl (C=O) groups is 2. The van der Waals surface area contributed by atoms with Crippen molar-refractivity contribution in [3.63, 3.8) is 0 Å². The van der Waals surface area contributed by atoms with E-state index in [0.29, 0.717) is 25.4 Å². The highest BCUT2D eigenvalue weighted by atomic mass is 16.5. The largest absolute Gasteiger partial charge is 0.385 e. The lowest BCUT2D eigenvalue weighted by Gasteiger charge is -2.47. The lowest BCUT2D eigenvalue weighted by Crippen LogP contribution is -2.70. The van der Waals surface area contributed by atoms with E-state index in [2.05, 4.69) is 19.2 Å². The van der Waals surface area contributed by atoms with Crippen molar-refractivity contribution in [1.82, 2.24) is 10.2 Å². The average molecular weight is 298 g/mol. The van der Waals surface area contributed by atoms with Crippen LogP contribution in [0.1, 0.15) is 53.9 Å². The van der Waals surface area contributed by atoms with E-state index in [9.17, 15) is 9.59 Å². The predicted molar refractivity (Wildman–Crippen MR) is 82.9 cm³/mol. The number of carbonyl (C=O) groups excluding carboxylic acids is 2. The van der Waals surface area contributed by atoms with Crippen LogP contribution < -0.4 is 5.32 Å². The van der Waals surface area contributed by atoms with E-state index in [-0.39, 0.29) is 23.9 Å². The maximum absolute atomic E-state index is 12.9. The van der Waals surface area contributed by atoms with Crippen LogP contribution in [0.15, 0.2) is 0 Å². The van der Waals surface area contributed by atoms with Crippen LogP contribution in [-0.2, 0) is 14.3 Å². The molecule has 0 aromatic heterocycles. The van der Waals surface area contributed by atoms with Gasteiger partial charge in [0.15, 0.2) is 0 Å². The molecule has 0 aromatic rings. The van der Waals surface area contributed by atoms with Gasteiger partial charge in [0.2, 0.25) is 11.8 Å². The highest BCUT2D eigenvalue weighted by Gasteiger charge is 2.48. The van der Waals surface area contributed by atoms with Gasteiger partial charge in [-0.2, -0.15) is 0 Å². The Hall–Kier alpha value is -1.10. The van der Waals surface area contributed by atoms with Crippen LogP contribution >= 0.6 is 0 Å². The fourth-order valence-corrected chi connectivity index (χ4v) is 2.80. The number of rotatable bonds is 7. The predicted octanol–water partition coefficient (Wildman–Crippen LogP) is 1.95. The maximum atomic E-state index is 12.9. The van der Waals surface area contributed by atoms with Crippen molar-refractivity contribution in [3.05, 3.63) is 0 Å². The molecular formula is C16H30N2O3. The molecule has 1 saturated heterocycles. The normalized spacial score (nSPS) is 28.0. The zero-order valence-electron chi connectivity index (χ0n) is 14.2. The monoisotopic (exact) mass is 298 g/mol. The Labute approximate surface area is 128 Å². The van der Waals surface area contributed by atoms with Crippen LogP contribution in [0.2, 0.25) is 0 Å². The average Bonchev–Trinajstić information content (AvgIpc) is 2.42. The first-order valence-electron chi connectivity index (χ1n) is 7.90. The molecule has 1 aliphatic heterocycles. The standard InChI is InChI=1S/C16H30N2O3/c1-7-16(5)15(20)18(12(4)8-9-21-6)13(10-11(2)3)14(19)17-16/h11-13H,7-10H2,1-6H3,(H,17,19). The van der Waals surface area contributed by atoms with E-state index in [1.165, 1.54) is 0 Å². The number of nitrogens with zero attached hydrogens (tertiary/aromatic N) is 1. The molecule has 2 amide bonds. The quantitative estimate of drug-likeness (QED) is 0.781. The van der Waals surface area contributed by atoms with Gasteiger partial charge in [0.05, 0.1) is 0 Å². The molecule has 1 fully saturated rings. The summed E-state index contributed by atoms with van der Waals surface area (Å²) in [4.78, 5) is 27.2. The SMILES string of the molecule is CCC1(C)NC(=O)C(CC(C)C)N(C(C)CCOC)C1=O. The first-order chi connectivity index (χ1) is 9.76. The van der Waals surface area contributed by atoms with Crippen molar-refractivity contribution >= 4 is 11.8 Å². The molecule has 1 heterocycles. The van der Waals surface area contributed by atoms with Crippen LogP contribution in [0.3, 0.4) is 0 Å². The van der Waals surface area contributed by atoms with Crippen molar-refractivity contribution in [2.24, 2.45) is 5.92 Å². The van der Waals surface area contributed by atoms with Crippen LogP contribution in [0, 0.1) is 5.92 Å². The van der Waals surface area contributed by atoms with Crippen LogP contribution in [-0.4, -0.2) is 48.1 Å². The van der Waals surface area contributed by atoms with Gasteiger partial charge in [0, 0.05) is 19.8 Å².